The number of phenolic OH excluding ortho intramolecular Hbond substituents is 1. The normalized spacial score (nSPS) is 11.9. The second-order valence-electron chi connectivity index (χ2n) is 7.40. The van der Waals surface area contributed by atoms with E-state index in [9.17, 15) is 19.8 Å². The van der Waals surface area contributed by atoms with E-state index in [1.54, 1.807) is 30.3 Å². The van der Waals surface area contributed by atoms with E-state index >= 15 is 0 Å². The van der Waals surface area contributed by atoms with Gasteiger partial charge in [-0.2, -0.15) is 0 Å². The largest absolute Gasteiger partial charge is 0.508 e. The molecule has 2 aromatic rings. The van der Waals surface area contributed by atoms with Crippen molar-refractivity contribution in [3.05, 3.63) is 50.4 Å². The second-order valence-corrected chi connectivity index (χ2v) is 9.10. The Morgan fingerprint density at radius 2 is 1.77 bits per heavy atom. The Morgan fingerprint density at radius 3 is 2.32 bits per heavy atom. The molecule has 2 aromatic carbocycles. The monoisotopic (exact) mass is 556 g/mol. The van der Waals surface area contributed by atoms with Gasteiger partial charge in [0, 0.05) is 11.1 Å². The number of carboxylic acids is 1. The number of nitrogens with one attached hydrogen (secondary N) is 1. The topological polar surface area (TPSA) is 122 Å². The molecule has 0 saturated heterocycles. The molecule has 168 valence electrons. The van der Waals surface area contributed by atoms with Crippen molar-refractivity contribution >= 4 is 43.7 Å². The molecule has 0 heterocycles. The van der Waals surface area contributed by atoms with Gasteiger partial charge in [-0.15, -0.1) is 0 Å². The van der Waals surface area contributed by atoms with Crippen molar-refractivity contribution in [2.24, 2.45) is 5.73 Å². The van der Waals surface area contributed by atoms with Gasteiger partial charge in [-0.1, -0.05) is 13.8 Å². The molecule has 0 aliphatic carbocycles. The van der Waals surface area contributed by atoms with Crippen LogP contribution in [0.1, 0.15) is 54.9 Å². The number of benzene rings is 2. The van der Waals surface area contributed by atoms with Gasteiger partial charge in [-0.25, -0.2) is 4.79 Å². The summed E-state index contributed by atoms with van der Waals surface area (Å²) in [5.74, 6) is -0.280. The van der Waals surface area contributed by atoms with Gasteiger partial charge in [0.2, 0.25) is 0 Å². The molecule has 0 fully saturated rings. The van der Waals surface area contributed by atoms with Crippen molar-refractivity contribution in [2.45, 2.75) is 45.1 Å². The molecule has 9 heteroatoms. The van der Waals surface area contributed by atoms with E-state index in [0.29, 0.717) is 46.3 Å². The molecule has 0 aliphatic rings. The van der Waals surface area contributed by atoms with Crippen LogP contribution in [0.25, 0.3) is 0 Å². The third-order valence-corrected chi connectivity index (χ3v) is 5.83. The maximum absolute atomic E-state index is 12.6. The molecule has 31 heavy (non-hydrogen) atoms. The zero-order valence-corrected chi connectivity index (χ0v) is 20.5. The van der Waals surface area contributed by atoms with Gasteiger partial charge in [0.1, 0.15) is 17.5 Å². The lowest BCUT2D eigenvalue weighted by Crippen LogP contribution is -2.40. The quantitative estimate of drug-likeness (QED) is 0.300. The number of carbonyl (C=O) groups is 2. The van der Waals surface area contributed by atoms with Crippen molar-refractivity contribution in [3.8, 4) is 17.2 Å². The summed E-state index contributed by atoms with van der Waals surface area (Å²) in [4.78, 5) is 24.1. The molecule has 7 nitrogen and oxygen atoms in total. The van der Waals surface area contributed by atoms with Crippen LogP contribution in [0.2, 0.25) is 0 Å². The van der Waals surface area contributed by atoms with E-state index in [2.05, 4.69) is 37.2 Å². The zero-order valence-electron chi connectivity index (χ0n) is 17.3. The van der Waals surface area contributed by atoms with Crippen LogP contribution in [0, 0.1) is 0 Å². The Labute approximate surface area is 198 Å². The first kappa shape index (κ1) is 25.2. The van der Waals surface area contributed by atoms with Gasteiger partial charge in [-0.05, 0) is 93.9 Å². The van der Waals surface area contributed by atoms with E-state index in [0.717, 1.165) is 5.56 Å². The summed E-state index contributed by atoms with van der Waals surface area (Å²) in [6.45, 7) is 4.42. The molecule has 2 rings (SSSR count). The summed E-state index contributed by atoms with van der Waals surface area (Å²) in [7, 11) is 0. The summed E-state index contributed by atoms with van der Waals surface area (Å²) < 4.78 is 6.99. The van der Waals surface area contributed by atoms with Crippen LogP contribution in [-0.4, -0.2) is 34.7 Å². The number of hydrogen-bond acceptors (Lipinski definition) is 5. The molecule has 0 aliphatic heterocycles. The molecule has 0 bridgehead atoms. The van der Waals surface area contributed by atoms with Gasteiger partial charge in [-0.3, -0.25) is 4.79 Å². The van der Waals surface area contributed by atoms with Crippen LogP contribution >= 0.6 is 31.9 Å². The molecule has 0 unspecified atom stereocenters. The van der Waals surface area contributed by atoms with Gasteiger partial charge >= 0.3 is 5.97 Å². The Hall–Kier alpha value is -2.10. The highest BCUT2D eigenvalue weighted by Gasteiger charge is 2.22. The van der Waals surface area contributed by atoms with Crippen molar-refractivity contribution in [2.75, 3.05) is 6.54 Å². The number of rotatable bonds is 10. The number of halogens is 2. The number of phenols is 1. The fourth-order valence-corrected chi connectivity index (χ4v) is 4.30. The highest BCUT2D eigenvalue weighted by molar-refractivity contribution is 9.11. The van der Waals surface area contributed by atoms with E-state index < -0.39 is 17.9 Å². The lowest BCUT2D eigenvalue weighted by molar-refractivity contribution is -0.139. The lowest BCUT2D eigenvalue weighted by Gasteiger charge is -2.16. The van der Waals surface area contributed by atoms with E-state index in [-0.39, 0.29) is 17.2 Å². The smallest absolute Gasteiger partial charge is 0.326 e. The molecule has 0 radical (unpaired) electrons. The molecule has 1 amide bonds. The van der Waals surface area contributed by atoms with Crippen molar-refractivity contribution in [1.29, 1.82) is 0 Å². The fourth-order valence-electron chi connectivity index (χ4n) is 2.96. The zero-order chi connectivity index (χ0) is 23.1. The lowest BCUT2D eigenvalue weighted by atomic mass is 10.0. The Kier molecular flexibility index (Phi) is 9.33. The fraction of sp³-hybridized carbons (Fsp3) is 0.364. The SMILES string of the molecule is CC(C)c1cc(Oc2c(Br)cc(C(=O)N[C@H](CCCCN)C(=O)O)cc2Br)ccc1O. The van der Waals surface area contributed by atoms with Crippen LogP contribution in [0.3, 0.4) is 0 Å². The number of amides is 1. The predicted octanol–water partition coefficient (Wildman–Crippen LogP) is 5.14. The highest BCUT2D eigenvalue weighted by atomic mass is 79.9. The molecule has 0 aromatic heterocycles. The number of carbonyl (C=O) groups excluding carboxylic acids is 1. The summed E-state index contributed by atoms with van der Waals surface area (Å²) >= 11 is 6.84. The number of ether oxygens (including phenoxy) is 1. The minimum absolute atomic E-state index is 0.119. The highest BCUT2D eigenvalue weighted by Crippen LogP contribution is 2.39. The van der Waals surface area contributed by atoms with E-state index in [1.165, 1.54) is 0 Å². The van der Waals surface area contributed by atoms with Gasteiger partial charge < -0.3 is 26.0 Å². The molecule has 0 saturated carbocycles. The summed E-state index contributed by atoms with van der Waals surface area (Å²) in [6.07, 6.45) is 1.61. The van der Waals surface area contributed by atoms with Crippen molar-refractivity contribution in [1.82, 2.24) is 5.32 Å². The Morgan fingerprint density at radius 1 is 1.13 bits per heavy atom. The predicted molar refractivity (Wildman–Crippen MR) is 126 cm³/mol. The number of aliphatic carboxylic acids is 1. The number of aromatic hydroxyl groups is 1. The van der Waals surface area contributed by atoms with Crippen molar-refractivity contribution < 1.29 is 24.5 Å². The summed E-state index contributed by atoms with van der Waals surface area (Å²) in [5, 5.41) is 21.9. The molecule has 1 atom stereocenters. The molecule has 0 spiro atoms. The van der Waals surface area contributed by atoms with E-state index in [4.69, 9.17) is 10.5 Å². The molecule has 5 N–H and O–H groups in total. The first-order chi connectivity index (χ1) is 14.6. The first-order valence-corrected chi connectivity index (χ1v) is 11.5. The van der Waals surface area contributed by atoms with Crippen LogP contribution in [0.5, 0.6) is 17.2 Å². The number of unbranched alkanes of at least 4 members (excludes halogenated alkanes) is 1. The van der Waals surface area contributed by atoms with Crippen LogP contribution in [0.4, 0.5) is 0 Å². The third kappa shape index (κ3) is 6.95. The maximum atomic E-state index is 12.6. The minimum atomic E-state index is -1.09. The Balaban J connectivity index is 2.20. The van der Waals surface area contributed by atoms with E-state index in [1.807, 2.05) is 13.8 Å². The average molecular weight is 558 g/mol. The standard InChI is InChI=1S/C22H26Br2N2O5/c1-12(2)15-11-14(6-7-19(15)27)31-20-16(23)9-13(10-17(20)24)21(28)26-18(22(29)30)5-3-4-8-25/h6-7,9-12,18,27H,3-5,8,25H2,1-2H3,(H,26,28)(H,29,30)/t18-/m1/s1. The Bertz CT molecular complexity index is 926. The summed E-state index contributed by atoms with van der Waals surface area (Å²) in [5.41, 5.74) is 6.49. The van der Waals surface area contributed by atoms with Crippen molar-refractivity contribution in [3.63, 3.8) is 0 Å². The van der Waals surface area contributed by atoms with Crippen LogP contribution < -0.4 is 15.8 Å². The molecular weight excluding hydrogens is 532 g/mol. The van der Waals surface area contributed by atoms with Gasteiger partial charge in [0.05, 0.1) is 8.95 Å². The number of carboxylic acid groups (broad SMARTS) is 1. The first-order valence-electron chi connectivity index (χ1n) is 9.87. The minimum Gasteiger partial charge on any atom is -0.508 e. The second kappa shape index (κ2) is 11.5. The van der Waals surface area contributed by atoms with Crippen LogP contribution in [-0.2, 0) is 4.79 Å². The summed E-state index contributed by atoms with van der Waals surface area (Å²) in [6, 6.07) is 7.14. The van der Waals surface area contributed by atoms with Crippen LogP contribution in [0.15, 0.2) is 39.3 Å². The number of nitrogens with two attached hydrogens (primary N) is 1. The number of hydrogen-bond donors (Lipinski definition) is 4. The van der Waals surface area contributed by atoms with Gasteiger partial charge in [0.25, 0.3) is 5.91 Å². The third-order valence-electron chi connectivity index (χ3n) is 4.65. The maximum Gasteiger partial charge on any atom is 0.326 e. The van der Waals surface area contributed by atoms with Gasteiger partial charge in [0.15, 0.2) is 5.75 Å². The average Bonchev–Trinajstić information content (AvgIpc) is 2.70. The molecular formula is C22H26Br2N2O5.